The van der Waals surface area contributed by atoms with Crippen molar-refractivity contribution in [1.29, 1.82) is 0 Å². The first kappa shape index (κ1) is 17.5. The number of rotatable bonds is 5. The number of ether oxygens (including phenoxy) is 2. The smallest absolute Gasteiger partial charge is 0.231 e. The average Bonchev–Trinajstić information content (AvgIpc) is 3.25. The van der Waals surface area contributed by atoms with Gasteiger partial charge in [-0.3, -0.25) is 0 Å². The van der Waals surface area contributed by atoms with Crippen LogP contribution in [-0.4, -0.2) is 66.5 Å². The number of hydrogen-bond donors (Lipinski definition) is 0. The summed E-state index contributed by atoms with van der Waals surface area (Å²) in [7, 11) is -4.36. The van der Waals surface area contributed by atoms with Crippen LogP contribution in [0.1, 0.15) is 5.56 Å². The molecule has 0 spiro atoms. The summed E-state index contributed by atoms with van der Waals surface area (Å²) in [4.78, 5) is 2.07. The van der Waals surface area contributed by atoms with Crippen LogP contribution >= 0.6 is 11.3 Å². The third kappa shape index (κ3) is 3.75. The van der Waals surface area contributed by atoms with E-state index in [1.807, 2.05) is 18.2 Å². The first-order valence-corrected chi connectivity index (χ1v) is 10.6. The molecular formula is C15H18N4O5S2. The lowest BCUT2D eigenvalue weighted by molar-refractivity contribution is -0.930. The van der Waals surface area contributed by atoms with E-state index < -0.39 is 16.0 Å². The van der Waals surface area contributed by atoms with E-state index in [1.165, 1.54) is 11.3 Å². The molecule has 1 aromatic heterocycles. The first-order chi connectivity index (χ1) is 12.4. The molecule has 0 radical (unpaired) electrons. The number of piperazine rings is 1. The van der Waals surface area contributed by atoms with E-state index in [4.69, 9.17) is 9.47 Å². The average molecular weight is 398 g/mol. The van der Waals surface area contributed by atoms with E-state index in [1.54, 1.807) is 5.51 Å². The van der Waals surface area contributed by atoms with Crippen molar-refractivity contribution in [1.82, 2.24) is 10.2 Å². The van der Waals surface area contributed by atoms with E-state index in [0.29, 0.717) is 44.2 Å². The Morgan fingerprint density at radius 3 is 2.69 bits per heavy atom. The predicted molar refractivity (Wildman–Crippen MR) is 92.9 cm³/mol. The predicted octanol–water partition coefficient (Wildman–Crippen LogP) is 0.607. The Morgan fingerprint density at radius 2 is 2.00 bits per heavy atom. The Hall–Kier alpha value is -1.95. The Morgan fingerprint density at radius 1 is 1.23 bits per heavy atom. The van der Waals surface area contributed by atoms with Crippen molar-refractivity contribution in [3.05, 3.63) is 29.3 Å². The van der Waals surface area contributed by atoms with Gasteiger partial charge in [0.1, 0.15) is 22.2 Å². The fraction of sp³-hybridized carbons (Fsp3) is 0.467. The van der Waals surface area contributed by atoms with Crippen LogP contribution in [0.5, 0.6) is 11.5 Å². The van der Waals surface area contributed by atoms with Crippen LogP contribution in [0.15, 0.2) is 23.7 Å². The third-order valence-electron chi connectivity index (χ3n) is 4.69. The highest BCUT2D eigenvalue weighted by Crippen LogP contribution is 2.34. The summed E-state index contributed by atoms with van der Waals surface area (Å²) in [6.07, 6.45) is 0. The van der Waals surface area contributed by atoms with Crippen LogP contribution < -0.4 is 14.4 Å². The van der Waals surface area contributed by atoms with E-state index in [9.17, 15) is 13.0 Å². The molecule has 2 aliphatic rings. The molecule has 1 saturated heterocycles. The summed E-state index contributed by atoms with van der Waals surface area (Å²) in [5, 5.41) is 8.72. The van der Waals surface area contributed by atoms with Gasteiger partial charge < -0.3 is 23.4 Å². The van der Waals surface area contributed by atoms with Gasteiger partial charge in [0.2, 0.25) is 11.9 Å². The number of quaternary nitrogens is 1. The van der Waals surface area contributed by atoms with E-state index in [0.717, 1.165) is 10.7 Å². The van der Waals surface area contributed by atoms with Crippen LogP contribution in [-0.2, 0) is 16.7 Å². The SMILES string of the molecule is O=S(=O)([O-])C[N+]1(Cc2ccc3c(c2)OCO3)CCN(c2nncs2)CC1. The number of fused-ring (bicyclic) bond motifs is 1. The van der Waals surface area contributed by atoms with E-state index in [2.05, 4.69) is 15.1 Å². The largest absolute Gasteiger partial charge is 0.744 e. The zero-order valence-electron chi connectivity index (χ0n) is 13.9. The second kappa shape index (κ2) is 6.65. The summed E-state index contributed by atoms with van der Waals surface area (Å²) in [5.74, 6) is 0.904. The van der Waals surface area contributed by atoms with Gasteiger partial charge in [-0.2, -0.15) is 0 Å². The number of nitrogens with zero attached hydrogens (tertiary/aromatic N) is 4. The zero-order chi connectivity index (χ0) is 18.2. The molecule has 0 bridgehead atoms. The molecule has 1 aromatic carbocycles. The Kier molecular flexibility index (Phi) is 4.47. The number of aromatic nitrogens is 2. The maximum Gasteiger partial charge on any atom is 0.231 e. The minimum atomic E-state index is -4.36. The summed E-state index contributed by atoms with van der Waals surface area (Å²) >= 11 is 1.45. The number of benzene rings is 1. The summed E-state index contributed by atoms with van der Waals surface area (Å²) < 4.78 is 45.5. The summed E-state index contributed by atoms with van der Waals surface area (Å²) in [6.45, 7) is 2.95. The minimum absolute atomic E-state index is 0.185. The molecule has 0 N–H and O–H groups in total. The van der Waals surface area contributed by atoms with Crippen LogP contribution in [0, 0.1) is 0 Å². The highest BCUT2D eigenvalue weighted by Gasteiger charge is 2.36. The molecule has 0 saturated carbocycles. The molecule has 9 nitrogen and oxygen atoms in total. The molecule has 1 fully saturated rings. The normalized spacial score (nSPS) is 18.9. The molecule has 26 heavy (non-hydrogen) atoms. The minimum Gasteiger partial charge on any atom is -0.744 e. The molecule has 0 atom stereocenters. The maximum absolute atomic E-state index is 11.5. The highest BCUT2D eigenvalue weighted by atomic mass is 32.2. The molecule has 11 heteroatoms. The second-order valence-corrected chi connectivity index (χ2v) is 8.71. The van der Waals surface area contributed by atoms with Gasteiger partial charge in [-0.05, 0) is 18.2 Å². The van der Waals surface area contributed by atoms with Gasteiger partial charge in [-0.1, -0.05) is 11.3 Å². The Labute approximate surface area is 155 Å². The molecule has 4 rings (SSSR count). The molecule has 0 aliphatic carbocycles. The Bertz CT molecular complexity index is 879. The van der Waals surface area contributed by atoms with Crippen molar-refractivity contribution in [3.63, 3.8) is 0 Å². The van der Waals surface area contributed by atoms with Crippen LogP contribution in [0.3, 0.4) is 0 Å². The number of hydrogen-bond acceptors (Lipinski definition) is 9. The van der Waals surface area contributed by atoms with Gasteiger partial charge in [0.25, 0.3) is 0 Å². The molecule has 0 amide bonds. The molecule has 2 aromatic rings. The Balaban J connectivity index is 1.55. The van der Waals surface area contributed by atoms with Crippen molar-refractivity contribution >= 4 is 26.6 Å². The maximum atomic E-state index is 11.5. The van der Waals surface area contributed by atoms with Gasteiger partial charge in [0.05, 0.1) is 26.2 Å². The zero-order valence-corrected chi connectivity index (χ0v) is 15.5. The van der Waals surface area contributed by atoms with Gasteiger partial charge in [0, 0.05) is 5.56 Å². The monoisotopic (exact) mass is 398 g/mol. The standard InChI is InChI=1S/C15H18N4O5S2/c20-26(21,22)10-19(5-3-18(4-6-19)15-17-16-9-25-15)8-12-1-2-13-14(7-12)24-11-23-13/h1-2,7,9H,3-6,8,10-11H2. The molecule has 3 heterocycles. The van der Waals surface area contributed by atoms with Gasteiger partial charge in [-0.15, -0.1) is 10.2 Å². The van der Waals surface area contributed by atoms with E-state index >= 15 is 0 Å². The molecule has 2 aliphatic heterocycles. The molecular weight excluding hydrogens is 380 g/mol. The second-order valence-electron chi connectivity index (χ2n) is 6.53. The third-order valence-corrected chi connectivity index (χ3v) is 6.31. The first-order valence-electron chi connectivity index (χ1n) is 8.11. The summed E-state index contributed by atoms with van der Waals surface area (Å²) in [6, 6.07) is 5.57. The lowest BCUT2D eigenvalue weighted by atomic mass is 10.1. The lowest BCUT2D eigenvalue weighted by Crippen LogP contribution is -2.60. The topological polar surface area (TPSA) is 105 Å². The van der Waals surface area contributed by atoms with Crippen LogP contribution in [0.2, 0.25) is 0 Å². The fourth-order valence-electron chi connectivity index (χ4n) is 3.48. The quantitative estimate of drug-likeness (QED) is 0.533. The number of anilines is 1. The van der Waals surface area contributed by atoms with Crippen molar-refractivity contribution in [2.75, 3.05) is 43.7 Å². The van der Waals surface area contributed by atoms with Crippen LogP contribution in [0.4, 0.5) is 5.13 Å². The van der Waals surface area contributed by atoms with Crippen molar-refractivity contribution < 1.29 is 26.9 Å². The molecule has 140 valence electrons. The van der Waals surface area contributed by atoms with Crippen molar-refractivity contribution in [2.45, 2.75) is 6.54 Å². The van der Waals surface area contributed by atoms with Gasteiger partial charge in [0.15, 0.2) is 17.4 Å². The van der Waals surface area contributed by atoms with Gasteiger partial charge in [-0.25, -0.2) is 8.42 Å². The molecule has 0 unspecified atom stereocenters. The lowest BCUT2D eigenvalue weighted by Gasteiger charge is -2.45. The fourth-order valence-corrected chi connectivity index (χ4v) is 5.12. The highest BCUT2D eigenvalue weighted by molar-refractivity contribution is 7.85. The van der Waals surface area contributed by atoms with Gasteiger partial charge >= 0.3 is 0 Å². The van der Waals surface area contributed by atoms with E-state index in [-0.39, 0.29) is 11.3 Å². The summed E-state index contributed by atoms with van der Waals surface area (Å²) in [5.41, 5.74) is 2.59. The van der Waals surface area contributed by atoms with Crippen LogP contribution in [0.25, 0.3) is 0 Å². The van der Waals surface area contributed by atoms with Crippen molar-refractivity contribution in [3.8, 4) is 11.5 Å². The van der Waals surface area contributed by atoms with Crippen molar-refractivity contribution in [2.24, 2.45) is 0 Å².